The second kappa shape index (κ2) is 8.80. The van der Waals surface area contributed by atoms with Gasteiger partial charge in [-0.05, 0) is 43.2 Å². The molecule has 27 heavy (non-hydrogen) atoms. The highest BCUT2D eigenvalue weighted by atomic mass is 16.5. The lowest BCUT2D eigenvalue weighted by Crippen LogP contribution is -2.13. The first-order valence-electron chi connectivity index (χ1n) is 8.76. The van der Waals surface area contributed by atoms with Crippen molar-refractivity contribution in [3.8, 4) is 17.0 Å². The lowest BCUT2D eigenvalue weighted by molar-refractivity contribution is -0.116. The summed E-state index contributed by atoms with van der Waals surface area (Å²) in [4.78, 5) is 23.3. The fourth-order valence-electron chi connectivity index (χ4n) is 2.62. The van der Waals surface area contributed by atoms with Gasteiger partial charge in [0, 0.05) is 23.7 Å². The van der Waals surface area contributed by atoms with E-state index in [9.17, 15) is 9.59 Å². The molecule has 0 bridgehead atoms. The number of benzene rings is 2. The van der Waals surface area contributed by atoms with Crippen LogP contribution in [0.4, 0.5) is 5.69 Å². The molecule has 3 rings (SSSR count). The molecule has 0 unspecified atom stereocenters. The molecule has 6 nitrogen and oxygen atoms in total. The summed E-state index contributed by atoms with van der Waals surface area (Å²) in [7, 11) is 0. The number of H-pyrrole nitrogens is 1. The van der Waals surface area contributed by atoms with Crippen LogP contribution < -0.4 is 15.6 Å². The molecule has 0 fully saturated rings. The first-order chi connectivity index (χ1) is 13.1. The Morgan fingerprint density at radius 1 is 1.11 bits per heavy atom. The zero-order chi connectivity index (χ0) is 19.1. The third-order valence-electron chi connectivity index (χ3n) is 4.02. The highest BCUT2D eigenvalue weighted by molar-refractivity contribution is 5.91. The topological polar surface area (TPSA) is 84.1 Å². The van der Waals surface area contributed by atoms with E-state index in [0.29, 0.717) is 30.8 Å². The maximum Gasteiger partial charge on any atom is 0.264 e. The van der Waals surface area contributed by atoms with E-state index in [4.69, 9.17) is 4.74 Å². The molecule has 0 saturated carbocycles. The van der Waals surface area contributed by atoms with E-state index in [2.05, 4.69) is 15.5 Å². The molecular formula is C21H21N3O3. The molecule has 2 N–H and O–H groups in total. The summed E-state index contributed by atoms with van der Waals surface area (Å²) >= 11 is 0. The first-order valence-corrected chi connectivity index (χ1v) is 8.76. The largest absolute Gasteiger partial charge is 0.493 e. The van der Waals surface area contributed by atoms with Gasteiger partial charge in [0.1, 0.15) is 5.75 Å². The number of para-hydroxylation sites is 1. The SMILES string of the molecule is Cc1ccccc1OCCCC(=O)Nc1cccc(-c2ccc(=O)[nH]n2)c1. The normalized spacial score (nSPS) is 10.4. The smallest absolute Gasteiger partial charge is 0.264 e. The van der Waals surface area contributed by atoms with Gasteiger partial charge >= 0.3 is 0 Å². The van der Waals surface area contributed by atoms with Crippen LogP contribution in [-0.2, 0) is 4.79 Å². The van der Waals surface area contributed by atoms with Gasteiger partial charge in [0.05, 0.1) is 12.3 Å². The fourth-order valence-corrected chi connectivity index (χ4v) is 2.62. The summed E-state index contributed by atoms with van der Waals surface area (Å²) < 4.78 is 5.71. The molecule has 0 radical (unpaired) electrons. The van der Waals surface area contributed by atoms with Gasteiger partial charge in [0.25, 0.3) is 5.56 Å². The van der Waals surface area contributed by atoms with E-state index in [1.54, 1.807) is 6.07 Å². The Balaban J connectivity index is 1.51. The van der Waals surface area contributed by atoms with E-state index >= 15 is 0 Å². The van der Waals surface area contributed by atoms with Gasteiger partial charge in [-0.15, -0.1) is 0 Å². The average Bonchev–Trinajstić information content (AvgIpc) is 2.67. The number of aromatic nitrogens is 2. The molecule has 1 heterocycles. The van der Waals surface area contributed by atoms with Crippen molar-refractivity contribution in [3.63, 3.8) is 0 Å². The Kier molecular flexibility index (Phi) is 5.99. The minimum Gasteiger partial charge on any atom is -0.493 e. The van der Waals surface area contributed by atoms with Crippen LogP contribution in [0.15, 0.2) is 65.5 Å². The van der Waals surface area contributed by atoms with E-state index in [1.165, 1.54) is 6.07 Å². The Morgan fingerprint density at radius 3 is 2.74 bits per heavy atom. The van der Waals surface area contributed by atoms with E-state index < -0.39 is 0 Å². The Morgan fingerprint density at radius 2 is 1.96 bits per heavy atom. The van der Waals surface area contributed by atoms with Gasteiger partial charge < -0.3 is 10.1 Å². The molecule has 138 valence electrons. The first kappa shape index (κ1) is 18.4. The van der Waals surface area contributed by atoms with Crippen LogP contribution in [0.1, 0.15) is 18.4 Å². The molecule has 1 amide bonds. The predicted molar refractivity (Wildman–Crippen MR) is 105 cm³/mol. The number of nitrogens with one attached hydrogen (secondary N) is 2. The zero-order valence-corrected chi connectivity index (χ0v) is 15.1. The number of rotatable bonds is 7. The van der Waals surface area contributed by atoms with Crippen molar-refractivity contribution in [2.75, 3.05) is 11.9 Å². The summed E-state index contributed by atoms with van der Waals surface area (Å²) in [5, 5.41) is 9.28. The number of ether oxygens (including phenoxy) is 1. The maximum absolute atomic E-state index is 12.2. The van der Waals surface area contributed by atoms with Crippen LogP contribution in [-0.4, -0.2) is 22.7 Å². The monoisotopic (exact) mass is 363 g/mol. The molecule has 2 aromatic carbocycles. The van der Waals surface area contributed by atoms with Crippen LogP contribution in [0.3, 0.4) is 0 Å². The van der Waals surface area contributed by atoms with Crippen molar-refractivity contribution < 1.29 is 9.53 Å². The zero-order valence-electron chi connectivity index (χ0n) is 15.1. The van der Waals surface area contributed by atoms with Crippen molar-refractivity contribution in [2.45, 2.75) is 19.8 Å². The van der Waals surface area contributed by atoms with Gasteiger partial charge in [0.2, 0.25) is 5.91 Å². The molecule has 0 saturated heterocycles. The van der Waals surface area contributed by atoms with Crippen molar-refractivity contribution in [3.05, 3.63) is 76.6 Å². The van der Waals surface area contributed by atoms with E-state index in [-0.39, 0.29) is 11.5 Å². The number of hydrogen-bond donors (Lipinski definition) is 2. The number of aryl methyl sites for hydroxylation is 1. The summed E-state index contributed by atoms with van der Waals surface area (Å²) in [5.41, 5.74) is 2.96. The van der Waals surface area contributed by atoms with Crippen LogP contribution in [0.2, 0.25) is 0 Å². The lowest BCUT2D eigenvalue weighted by atomic mass is 10.1. The molecule has 0 aliphatic heterocycles. The molecule has 0 aliphatic rings. The third kappa shape index (κ3) is 5.28. The third-order valence-corrected chi connectivity index (χ3v) is 4.02. The van der Waals surface area contributed by atoms with Crippen molar-refractivity contribution in [1.82, 2.24) is 10.2 Å². The predicted octanol–water partition coefficient (Wildman–Crippen LogP) is 3.54. The number of hydrogen-bond acceptors (Lipinski definition) is 4. The fraction of sp³-hybridized carbons (Fsp3) is 0.190. The van der Waals surface area contributed by atoms with Crippen molar-refractivity contribution in [1.29, 1.82) is 0 Å². The standard InChI is InChI=1S/C21H21N3O3/c1-15-6-2-3-9-19(15)27-13-5-10-20(25)22-17-8-4-7-16(14-17)18-11-12-21(26)24-23-18/h2-4,6-9,11-12,14H,5,10,13H2,1H3,(H,22,25)(H,24,26). The maximum atomic E-state index is 12.2. The number of nitrogens with zero attached hydrogens (tertiary/aromatic N) is 1. The average molecular weight is 363 g/mol. The van der Waals surface area contributed by atoms with Gasteiger partial charge in [-0.2, -0.15) is 5.10 Å². The van der Waals surface area contributed by atoms with Gasteiger partial charge in [-0.25, -0.2) is 5.10 Å². The highest BCUT2D eigenvalue weighted by Gasteiger charge is 2.06. The molecule has 6 heteroatoms. The molecule has 1 aromatic heterocycles. The Labute approximate surface area is 157 Å². The minimum atomic E-state index is -0.254. The molecule has 0 spiro atoms. The molecular weight excluding hydrogens is 342 g/mol. The summed E-state index contributed by atoms with van der Waals surface area (Å²) in [6, 6.07) is 18.2. The van der Waals surface area contributed by atoms with E-state index in [1.807, 2.05) is 55.5 Å². The Bertz CT molecular complexity index is 962. The minimum absolute atomic E-state index is 0.0741. The number of anilines is 1. The second-order valence-corrected chi connectivity index (χ2v) is 6.15. The van der Waals surface area contributed by atoms with Crippen LogP contribution in [0.25, 0.3) is 11.3 Å². The number of aromatic amines is 1. The highest BCUT2D eigenvalue weighted by Crippen LogP contribution is 2.20. The van der Waals surface area contributed by atoms with Crippen molar-refractivity contribution >= 4 is 11.6 Å². The molecule has 0 aliphatic carbocycles. The quantitative estimate of drug-likeness (QED) is 0.629. The summed E-state index contributed by atoms with van der Waals surface area (Å²) in [6.45, 7) is 2.48. The Hall–Kier alpha value is -3.41. The van der Waals surface area contributed by atoms with E-state index in [0.717, 1.165) is 16.9 Å². The van der Waals surface area contributed by atoms with Crippen LogP contribution >= 0.6 is 0 Å². The van der Waals surface area contributed by atoms with Gasteiger partial charge in [-0.1, -0.05) is 30.3 Å². The van der Waals surface area contributed by atoms with Crippen LogP contribution in [0, 0.1) is 6.92 Å². The molecule has 3 aromatic rings. The summed E-state index contributed by atoms with van der Waals surface area (Å²) in [5.74, 6) is 0.772. The number of carbonyl (C=O) groups is 1. The van der Waals surface area contributed by atoms with Gasteiger partial charge in [-0.3, -0.25) is 9.59 Å². The van der Waals surface area contributed by atoms with Crippen LogP contribution in [0.5, 0.6) is 5.75 Å². The second-order valence-electron chi connectivity index (χ2n) is 6.15. The van der Waals surface area contributed by atoms with Gasteiger partial charge in [0.15, 0.2) is 0 Å². The molecule has 0 atom stereocenters. The van der Waals surface area contributed by atoms with Crippen molar-refractivity contribution in [2.24, 2.45) is 0 Å². The summed E-state index contributed by atoms with van der Waals surface area (Å²) in [6.07, 6.45) is 0.994. The lowest BCUT2D eigenvalue weighted by Gasteiger charge is -2.09. The number of amides is 1. The number of carbonyl (C=O) groups excluding carboxylic acids is 1.